The van der Waals surface area contributed by atoms with Crippen LogP contribution in [-0.2, 0) is 9.53 Å². The number of hydrogen-bond donors (Lipinski definition) is 0. The minimum atomic E-state index is -1.00. The van der Waals surface area contributed by atoms with Crippen LogP contribution in [0.2, 0.25) is 0 Å². The van der Waals surface area contributed by atoms with Gasteiger partial charge >= 0.3 is 5.97 Å². The summed E-state index contributed by atoms with van der Waals surface area (Å²) in [5.41, 5.74) is 0.0849. The Bertz CT molecular complexity index is 455. The van der Waals surface area contributed by atoms with Gasteiger partial charge in [-0.25, -0.2) is 4.39 Å². The summed E-state index contributed by atoms with van der Waals surface area (Å²) in [6.07, 6.45) is 0. The Labute approximate surface area is 91.0 Å². The Morgan fingerprint density at radius 2 is 2.31 bits per heavy atom. The summed E-state index contributed by atoms with van der Waals surface area (Å²) < 4.78 is 22.6. The smallest absolute Gasteiger partial charge is 0.320 e. The van der Waals surface area contributed by atoms with Crippen LogP contribution in [0.5, 0.6) is 5.75 Å². The molecule has 0 N–H and O–H groups in total. The number of fused-ring (bicyclic) bond motifs is 1. The molecule has 1 aliphatic heterocycles. The summed E-state index contributed by atoms with van der Waals surface area (Å²) in [7, 11) is 1.19. The van der Waals surface area contributed by atoms with Crippen LogP contribution in [0.4, 0.5) is 4.39 Å². The van der Waals surface area contributed by atoms with Gasteiger partial charge in [-0.2, -0.15) is 0 Å². The van der Waals surface area contributed by atoms with Crippen molar-refractivity contribution in [1.29, 1.82) is 0 Å². The van der Waals surface area contributed by atoms with E-state index < -0.39 is 23.5 Å². The van der Waals surface area contributed by atoms with Crippen molar-refractivity contribution in [3.8, 4) is 5.75 Å². The Morgan fingerprint density at radius 1 is 1.56 bits per heavy atom. The molecular formula is C11H9FO4. The van der Waals surface area contributed by atoms with Crippen molar-refractivity contribution in [3.05, 3.63) is 29.6 Å². The zero-order chi connectivity index (χ0) is 11.7. The Balaban J connectivity index is 2.38. The third-order valence-electron chi connectivity index (χ3n) is 2.41. The first kappa shape index (κ1) is 10.6. The van der Waals surface area contributed by atoms with Gasteiger partial charge < -0.3 is 9.47 Å². The lowest BCUT2D eigenvalue weighted by Gasteiger charge is -2.22. The number of methoxy groups -OCH3 is 1. The maximum atomic E-state index is 13.0. The summed E-state index contributed by atoms with van der Waals surface area (Å²) in [4.78, 5) is 23.1. The largest absolute Gasteiger partial charge is 0.491 e. The monoisotopic (exact) mass is 224 g/mol. The van der Waals surface area contributed by atoms with Gasteiger partial charge in [-0.15, -0.1) is 0 Å². The van der Waals surface area contributed by atoms with Crippen molar-refractivity contribution in [2.45, 2.75) is 0 Å². The minimum Gasteiger partial charge on any atom is -0.491 e. The Kier molecular flexibility index (Phi) is 2.60. The van der Waals surface area contributed by atoms with Gasteiger partial charge in [0, 0.05) is 0 Å². The number of carbonyl (C=O) groups is 2. The van der Waals surface area contributed by atoms with Gasteiger partial charge in [0.05, 0.1) is 12.7 Å². The molecule has 1 aliphatic rings. The first-order valence-corrected chi connectivity index (χ1v) is 4.68. The molecule has 0 unspecified atom stereocenters. The second-order valence-electron chi connectivity index (χ2n) is 3.39. The summed E-state index contributed by atoms with van der Waals surface area (Å²) in [6, 6.07) is 3.63. The molecule has 1 aromatic carbocycles. The summed E-state index contributed by atoms with van der Waals surface area (Å²) >= 11 is 0. The van der Waals surface area contributed by atoms with Gasteiger partial charge in [0.15, 0.2) is 11.7 Å². The molecular weight excluding hydrogens is 215 g/mol. The molecule has 0 amide bonds. The highest BCUT2D eigenvalue weighted by Gasteiger charge is 2.35. The quantitative estimate of drug-likeness (QED) is 0.531. The SMILES string of the molecule is COC(=O)[C@@H]1COc2ccc(F)cc2C1=O. The topological polar surface area (TPSA) is 52.6 Å². The van der Waals surface area contributed by atoms with Crippen LogP contribution in [0.1, 0.15) is 10.4 Å². The molecule has 0 spiro atoms. The number of hydrogen-bond acceptors (Lipinski definition) is 4. The molecule has 0 aromatic heterocycles. The highest BCUT2D eigenvalue weighted by molar-refractivity contribution is 6.11. The third-order valence-corrected chi connectivity index (χ3v) is 2.41. The first-order chi connectivity index (χ1) is 7.63. The second-order valence-corrected chi connectivity index (χ2v) is 3.39. The van der Waals surface area contributed by atoms with E-state index in [1.807, 2.05) is 0 Å². The Hall–Kier alpha value is -1.91. The zero-order valence-electron chi connectivity index (χ0n) is 8.53. The second kappa shape index (κ2) is 3.92. The van der Waals surface area contributed by atoms with Crippen molar-refractivity contribution in [2.24, 2.45) is 5.92 Å². The third kappa shape index (κ3) is 1.64. The van der Waals surface area contributed by atoms with E-state index in [1.54, 1.807) is 0 Å². The predicted octanol–water partition coefficient (Wildman–Crippen LogP) is 1.19. The van der Waals surface area contributed by atoms with Crippen LogP contribution >= 0.6 is 0 Å². The number of rotatable bonds is 1. The van der Waals surface area contributed by atoms with E-state index in [-0.39, 0.29) is 12.2 Å². The average molecular weight is 224 g/mol. The number of carbonyl (C=O) groups excluding carboxylic acids is 2. The van der Waals surface area contributed by atoms with Gasteiger partial charge in [-0.3, -0.25) is 9.59 Å². The van der Waals surface area contributed by atoms with Crippen molar-refractivity contribution in [3.63, 3.8) is 0 Å². The van der Waals surface area contributed by atoms with Crippen LogP contribution < -0.4 is 4.74 Å². The standard InChI is InChI=1S/C11H9FO4/c1-15-11(14)8-5-16-9-3-2-6(12)4-7(9)10(8)13/h2-4,8H,5H2,1H3/t8-/m1/s1. The summed E-state index contributed by atoms with van der Waals surface area (Å²) in [5, 5.41) is 0. The van der Waals surface area contributed by atoms with Gasteiger partial charge in [0.1, 0.15) is 18.2 Å². The fraction of sp³-hybridized carbons (Fsp3) is 0.273. The number of benzene rings is 1. The van der Waals surface area contributed by atoms with E-state index in [4.69, 9.17) is 4.74 Å². The molecule has 0 saturated heterocycles. The maximum Gasteiger partial charge on any atom is 0.320 e. The lowest BCUT2D eigenvalue weighted by Crippen LogP contribution is -2.34. The van der Waals surface area contributed by atoms with E-state index in [0.29, 0.717) is 5.75 Å². The molecule has 84 valence electrons. The molecule has 2 rings (SSSR count). The lowest BCUT2D eigenvalue weighted by atomic mass is 9.95. The number of ketones is 1. The molecule has 0 fully saturated rings. The minimum absolute atomic E-state index is 0.0653. The molecule has 0 aliphatic carbocycles. The number of Topliss-reactive ketones (excluding diaryl/α,β-unsaturated/α-hetero) is 1. The molecule has 1 heterocycles. The van der Waals surface area contributed by atoms with Gasteiger partial charge in [0.25, 0.3) is 0 Å². The molecule has 5 heteroatoms. The number of halogens is 1. The van der Waals surface area contributed by atoms with Crippen molar-refractivity contribution < 1.29 is 23.5 Å². The molecule has 1 atom stereocenters. The molecule has 4 nitrogen and oxygen atoms in total. The van der Waals surface area contributed by atoms with Gasteiger partial charge in [-0.05, 0) is 18.2 Å². The normalized spacial score (nSPS) is 18.6. The fourth-order valence-electron chi connectivity index (χ4n) is 1.57. The Morgan fingerprint density at radius 3 is 3.00 bits per heavy atom. The molecule has 0 saturated carbocycles. The highest BCUT2D eigenvalue weighted by atomic mass is 19.1. The predicted molar refractivity (Wildman–Crippen MR) is 51.7 cm³/mol. The average Bonchev–Trinajstić information content (AvgIpc) is 2.29. The van der Waals surface area contributed by atoms with E-state index in [1.165, 1.54) is 19.2 Å². The van der Waals surface area contributed by atoms with Crippen LogP contribution in [-0.4, -0.2) is 25.5 Å². The van der Waals surface area contributed by atoms with Crippen LogP contribution in [0, 0.1) is 11.7 Å². The van der Waals surface area contributed by atoms with Crippen LogP contribution in [0.25, 0.3) is 0 Å². The highest BCUT2D eigenvalue weighted by Crippen LogP contribution is 2.28. The van der Waals surface area contributed by atoms with E-state index in [2.05, 4.69) is 4.74 Å². The van der Waals surface area contributed by atoms with Gasteiger partial charge in [-0.1, -0.05) is 0 Å². The van der Waals surface area contributed by atoms with E-state index in [9.17, 15) is 14.0 Å². The lowest BCUT2D eigenvalue weighted by molar-refractivity contribution is -0.144. The van der Waals surface area contributed by atoms with Crippen LogP contribution in [0.15, 0.2) is 18.2 Å². The van der Waals surface area contributed by atoms with Crippen LogP contribution in [0.3, 0.4) is 0 Å². The molecule has 16 heavy (non-hydrogen) atoms. The van der Waals surface area contributed by atoms with Gasteiger partial charge in [0.2, 0.25) is 0 Å². The van der Waals surface area contributed by atoms with Crippen molar-refractivity contribution in [1.82, 2.24) is 0 Å². The molecule has 1 aromatic rings. The molecule has 0 bridgehead atoms. The molecule has 0 radical (unpaired) electrons. The maximum absolute atomic E-state index is 13.0. The summed E-state index contributed by atoms with van der Waals surface area (Å²) in [5.74, 6) is -2.38. The first-order valence-electron chi connectivity index (χ1n) is 4.68. The van der Waals surface area contributed by atoms with E-state index in [0.717, 1.165) is 6.07 Å². The van der Waals surface area contributed by atoms with Crippen molar-refractivity contribution >= 4 is 11.8 Å². The zero-order valence-corrected chi connectivity index (χ0v) is 8.53. The van der Waals surface area contributed by atoms with Crippen molar-refractivity contribution in [2.75, 3.05) is 13.7 Å². The number of ether oxygens (including phenoxy) is 2. The fourth-order valence-corrected chi connectivity index (χ4v) is 1.57. The number of esters is 1. The van der Waals surface area contributed by atoms with E-state index >= 15 is 0 Å². The summed E-state index contributed by atoms with van der Waals surface area (Å²) in [6.45, 7) is -0.0653.